The van der Waals surface area contributed by atoms with E-state index in [0.29, 0.717) is 17.4 Å². The summed E-state index contributed by atoms with van der Waals surface area (Å²) in [5.41, 5.74) is 0.700. The average Bonchev–Trinajstić information content (AvgIpc) is 2.87. The topological polar surface area (TPSA) is 78.9 Å². The monoisotopic (exact) mass is 502 g/mol. The third-order valence-corrected chi connectivity index (χ3v) is 6.43. The summed E-state index contributed by atoms with van der Waals surface area (Å²) in [7, 11) is 0. The van der Waals surface area contributed by atoms with Crippen molar-refractivity contribution in [3.63, 3.8) is 0 Å². The Morgan fingerprint density at radius 2 is 1.81 bits per heavy atom. The number of rotatable bonds is 7. The van der Waals surface area contributed by atoms with E-state index < -0.39 is 23.2 Å². The highest BCUT2D eigenvalue weighted by molar-refractivity contribution is 6.00. The summed E-state index contributed by atoms with van der Waals surface area (Å²) >= 11 is 0. The van der Waals surface area contributed by atoms with Gasteiger partial charge in [-0.2, -0.15) is 0 Å². The van der Waals surface area contributed by atoms with Gasteiger partial charge in [0.1, 0.15) is 17.3 Å². The van der Waals surface area contributed by atoms with Gasteiger partial charge in [-0.15, -0.1) is 0 Å². The first-order valence-corrected chi connectivity index (χ1v) is 12.3. The number of hydrogen-bond donors (Lipinski definition) is 2. The first-order chi connectivity index (χ1) is 17.6. The van der Waals surface area contributed by atoms with Crippen LogP contribution in [0, 0.1) is 11.7 Å². The molecule has 1 unspecified atom stereocenters. The lowest BCUT2D eigenvalue weighted by molar-refractivity contribution is -0.140. The van der Waals surface area contributed by atoms with Crippen molar-refractivity contribution >= 4 is 11.7 Å². The number of amides is 1. The zero-order valence-electron chi connectivity index (χ0n) is 21.4. The molecule has 1 aliphatic heterocycles. The van der Waals surface area contributed by atoms with Gasteiger partial charge in [-0.1, -0.05) is 45.9 Å². The van der Waals surface area contributed by atoms with Gasteiger partial charge >= 0.3 is 0 Å². The average molecular weight is 503 g/mol. The number of ketones is 1. The number of ether oxygens (including phenoxy) is 1. The van der Waals surface area contributed by atoms with Crippen molar-refractivity contribution in [3.05, 3.63) is 107 Å². The highest BCUT2D eigenvalue weighted by Gasteiger charge is 2.39. The number of allylic oxidation sites excluding steroid dienone is 3. The molecule has 7 heteroatoms. The summed E-state index contributed by atoms with van der Waals surface area (Å²) in [6, 6.07) is 11.3. The largest absolute Gasteiger partial charge is 0.457 e. The van der Waals surface area contributed by atoms with Crippen LogP contribution >= 0.6 is 0 Å². The van der Waals surface area contributed by atoms with Crippen molar-refractivity contribution < 1.29 is 23.8 Å². The normalized spacial score (nSPS) is 19.2. The van der Waals surface area contributed by atoms with Gasteiger partial charge in [0, 0.05) is 18.4 Å². The van der Waals surface area contributed by atoms with Crippen LogP contribution in [0.25, 0.3) is 0 Å². The fourth-order valence-corrected chi connectivity index (χ4v) is 4.05. The summed E-state index contributed by atoms with van der Waals surface area (Å²) < 4.78 is 19.9. The Hall–Kier alpha value is -3.97. The second-order valence-electron chi connectivity index (χ2n) is 9.77. The minimum Gasteiger partial charge on any atom is -0.457 e. The highest BCUT2D eigenvalue weighted by atomic mass is 19.1. The second-order valence-corrected chi connectivity index (χ2v) is 9.77. The molecule has 2 aromatic rings. The fraction of sp³-hybridized carbons (Fsp3) is 0.267. The minimum atomic E-state index is -1.80. The SMILES string of the molecule is CC(C)C1=CC(=O)C(O)(N2C=CC(NC(=O)c3cc(F)ccc3Oc3ccc(C(C)C)cc3)=CC2)C=C1. The maximum absolute atomic E-state index is 14.0. The summed E-state index contributed by atoms with van der Waals surface area (Å²) in [5.74, 6) is -0.244. The van der Waals surface area contributed by atoms with Gasteiger partial charge in [-0.25, -0.2) is 4.39 Å². The van der Waals surface area contributed by atoms with Crippen LogP contribution < -0.4 is 10.1 Å². The molecule has 1 aliphatic carbocycles. The molecular formula is C30H31FN2O4. The van der Waals surface area contributed by atoms with Crippen LogP contribution in [0.5, 0.6) is 11.5 Å². The minimum absolute atomic E-state index is 0.0417. The van der Waals surface area contributed by atoms with Gasteiger partial charge < -0.3 is 20.1 Å². The third-order valence-electron chi connectivity index (χ3n) is 6.43. The fourth-order valence-electron chi connectivity index (χ4n) is 4.05. The quantitative estimate of drug-likeness (QED) is 0.516. The maximum Gasteiger partial charge on any atom is 0.259 e. The van der Waals surface area contributed by atoms with Crippen LogP contribution in [0.2, 0.25) is 0 Å². The van der Waals surface area contributed by atoms with E-state index in [1.165, 1.54) is 29.2 Å². The molecule has 6 nitrogen and oxygen atoms in total. The highest BCUT2D eigenvalue weighted by Crippen LogP contribution is 2.29. The summed E-state index contributed by atoms with van der Waals surface area (Å²) in [5, 5.41) is 13.7. The lowest BCUT2D eigenvalue weighted by Crippen LogP contribution is -2.52. The van der Waals surface area contributed by atoms with Crippen LogP contribution in [0.4, 0.5) is 4.39 Å². The first-order valence-electron chi connectivity index (χ1n) is 12.3. The Kier molecular flexibility index (Phi) is 7.45. The molecule has 0 saturated carbocycles. The molecule has 0 spiro atoms. The van der Waals surface area contributed by atoms with E-state index >= 15 is 0 Å². The standard InChI is InChI=1S/C30H31FN2O4/c1-19(2)21-5-8-25(9-6-21)37-27-10-7-23(31)18-26(27)29(35)32-24-12-15-33(16-13-24)30(36)14-11-22(20(3)4)17-28(30)34/h5-15,17-20,36H,16H2,1-4H3,(H,32,35). The van der Waals surface area contributed by atoms with Gasteiger partial charge in [0.05, 0.1) is 5.56 Å². The number of nitrogens with zero attached hydrogens (tertiary/aromatic N) is 1. The maximum atomic E-state index is 14.0. The van der Waals surface area contributed by atoms with Crippen molar-refractivity contribution in [1.29, 1.82) is 0 Å². The molecular weight excluding hydrogens is 471 g/mol. The van der Waals surface area contributed by atoms with E-state index in [2.05, 4.69) is 19.2 Å². The van der Waals surface area contributed by atoms with Crippen molar-refractivity contribution in [2.45, 2.75) is 39.3 Å². The Balaban J connectivity index is 1.45. The Morgan fingerprint density at radius 3 is 2.41 bits per heavy atom. The molecule has 0 aromatic heterocycles. The summed E-state index contributed by atoms with van der Waals surface area (Å²) in [6.45, 7) is 8.32. The number of carbonyl (C=O) groups is 2. The van der Waals surface area contributed by atoms with Crippen molar-refractivity contribution in [2.75, 3.05) is 6.54 Å². The second kappa shape index (κ2) is 10.6. The van der Waals surface area contributed by atoms with Crippen LogP contribution in [0.15, 0.2) is 90.3 Å². The van der Waals surface area contributed by atoms with Gasteiger partial charge in [-0.05, 0) is 77.6 Å². The molecule has 2 aromatic carbocycles. The predicted octanol–water partition coefficient (Wildman–Crippen LogP) is 5.59. The van der Waals surface area contributed by atoms with E-state index in [-0.39, 0.29) is 23.8 Å². The van der Waals surface area contributed by atoms with E-state index in [0.717, 1.165) is 17.2 Å². The van der Waals surface area contributed by atoms with Gasteiger partial charge in [0.15, 0.2) is 0 Å². The molecule has 37 heavy (non-hydrogen) atoms. The van der Waals surface area contributed by atoms with Crippen LogP contribution in [0.1, 0.15) is 49.5 Å². The molecule has 0 bridgehead atoms. The number of benzene rings is 2. The van der Waals surface area contributed by atoms with E-state index in [9.17, 15) is 19.1 Å². The zero-order chi connectivity index (χ0) is 26.7. The predicted molar refractivity (Wildman–Crippen MR) is 140 cm³/mol. The Bertz CT molecular complexity index is 1320. The van der Waals surface area contributed by atoms with Gasteiger partial charge in [0.2, 0.25) is 11.5 Å². The molecule has 0 radical (unpaired) electrons. The van der Waals surface area contributed by atoms with Gasteiger partial charge in [0.25, 0.3) is 5.91 Å². The number of aliphatic hydroxyl groups is 1. The summed E-state index contributed by atoms with van der Waals surface area (Å²) in [6.07, 6.45) is 9.49. The molecule has 1 heterocycles. The summed E-state index contributed by atoms with van der Waals surface area (Å²) in [4.78, 5) is 27.2. The molecule has 2 aliphatic rings. The van der Waals surface area contributed by atoms with Crippen molar-refractivity contribution in [3.8, 4) is 11.5 Å². The van der Waals surface area contributed by atoms with E-state index in [1.54, 1.807) is 24.4 Å². The number of carbonyl (C=O) groups excluding carboxylic acids is 2. The lowest BCUT2D eigenvalue weighted by Gasteiger charge is -2.37. The van der Waals surface area contributed by atoms with Crippen molar-refractivity contribution in [2.24, 2.45) is 5.92 Å². The van der Waals surface area contributed by atoms with Crippen LogP contribution in [-0.4, -0.2) is 34.0 Å². The number of nitrogens with one attached hydrogen (secondary N) is 1. The molecule has 2 N–H and O–H groups in total. The molecule has 0 saturated heterocycles. The molecule has 1 amide bonds. The third kappa shape index (κ3) is 5.73. The van der Waals surface area contributed by atoms with Crippen LogP contribution in [-0.2, 0) is 4.79 Å². The zero-order valence-corrected chi connectivity index (χ0v) is 21.4. The lowest BCUT2D eigenvalue weighted by atomic mass is 9.91. The Morgan fingerprint density at radius 1 is 1.08 bits per heavy atom. The van der Waals surface area contributed by atoms with E-state index in [4.69, 9.17) is 4.74 Å². The molecule has 4 rings (SSSR count). The smallest absolute Gasteiger partial charge is 0.259 e. The molecule has 192 valence electrons. The number of halogens is 1. The van der Waals surface area contributed by atoms with Gasteiger partial charge in [-0.3, -0.25) is 9.59 Å². The first kappa shape index (κ1) is 26.1. The van der Waals surface area contributed by atoms with E-state index in [1.807, 2.05) is 38.1 Å². The van der Waals surface area contributed by atoms with Crippen molar-refractivity contribution in [1.82, 2.24) is 10.2 Å². The Labute approximate surface area is 216 Å². The van der Waals surface area contributed by atoms with Crippen LogP contribution in [0.3, 0.4) is 0 Å². The number of hydrogen-bond acceptors (Lipinski definition) is 5. The molecule has 0 fully saturated rings. The molecule has 1 atom stereocenters.